The van der Waals surface area contributed by atoms with E-state index < -0.39 is 4.92 Å². The van der Waals surface area contributed by atoms with E-state index in [1.54, 1.807) is 12.1 Å². The molecule has 1 aromatic rings. The summed E-state index contributed by atoms with van der Waals surface area (Å²) in [5, 5.41) is 16.8. The van der Waals surface area contributed by atoms with Crippen LogP contribution in [0.1, 0.15) is 13.8 Å². The van der Waals surface area contributed by atoms with Crippen LogP contribution in [-0.4, -0.2) is 16.7 Å². The van der Waals surface area contributed by atoms with Crippen LogP contribution in [0.15, 0.2) is 41.5 Å². The smallest absolute Gasteiger partial charge is 0.259 e. The number of rotatable bonds is 2. The number of nitro groups is 1. The zero-order valence-corrected chi connectivity index (χ0v) is 9.70. The first-order valence-electron chi connectivity index (χ1n) is 5.35. The van der Waals surface area contributed by atoms with Gasteiger partial charge in [0.05, 0.1) is 22.4 Å². The SMILES string of the molecule is CC1=NN(c2ccc([N+](=O)[O-])cc2)C(C)C=C1. The molecule has 1 heterocycles. The van der Waals surface area contributed by atoms with Crippen LogP contribution in [0.3, 0.4) is 0 Å². The highest BCUT2D eigenvalue weighted by molar-refractivity contribution is 5.94. The van der Waals surface area contributed by atoms with Crippen molar-refractivity contribution in [1.29, 1.82) is 0 Å². The molecule has 0 radical (unpaired) electrons. The molecule has 17 heavy (non-hydrogen) atoms. The first kappa shape index (κ1) is 11.3. The van der Waals surface area contributed by atoms with Gasteiger partial charge in [-0.05, 0) is 32.1 Å². The van der Waals surface area contributed by atoms with Crippen LogP contribution < -0.4 is 5.01 Å². The lowest BCUT2D eigenvalue weighted by molar-refractivity contribution is -0.384. The quantitative estimate of drug-likeness (QED) is 0.580. The Hall–Kier alpha value is -2.17. The van der Waals surface area contributed by atoms with Gasteiger partial charge in [0.1, 0.15) is 0 Å². The van der Waals surface area contributed by atoms with Crippen LogP contribution in [0, 0.1) is 10.1 Å². The summed E-state index contributed by atoms with van der Waals surface area (Å²) < 4.78 is 0. The minimum absolute atomic E-state index is 0.0923. The first-order valence-corrected chi connectivity index (χ1v) is 5.35. The van der Waals surface area contributed by atoms with E-state index in [0.29, 0.717) is 0 Å². The van der Waals surface area contributed by atoms with E-state index >= 15 is 0 Å². The average molecular weight is 231 g/mol. The molecule has 0 fully saturated rings. The standard InChI is InChI=1S/C12H13N3O2/c1-9-3-4-10(2)14(13-9)11-5-7-12(8-6-11)15(16)17/h3-8,10H,1-2H3. The van der Waals surface area contributed by atoms with Crippen molar-refractivity contribution >= 4 is 17.1 Å². The predicted octanol–water partition coefficient (Wildman–Crippen LogP) is 2.74. The lowest BCUT2D eigenvalue weighted by atomic mass is 10.2. The zero-order chi connectivity index (χ0) is 12.4. The number of nitrogens with zero attached hydrogens (tertiary/aromatic N) is 3. The Morgan fingerprint density at radius 3 is 2.59 bits per heavy atom. The van der Waals surface area contributed by atoms with Gasteiger partial charge in [-0.25, -0.2) is 0 Å². The third-order valence-electron chi connectivity index (χ3n) is 2.59. The Balaban J connectivity index is 2.28. The van der Waals surface area contributed by atoms with E-state index in [0.717, 1.165) is 11.4 Å². The van der Waals surface area contributed by atoms with Gasteiger partial charge in [0, 0.05) is 12.1 Å². The van der Waals surface area contributed by atoms with Crippen LogP contribution in [0.2, 0.25) is 0 Å². The summed E-state index contributed by atoms with van der Waals surface area (Å²) >= 11 is 0. The molecule has 0 saturated heterocycles. The molecule has 0 N–H and O–H groups in total. The molecule has 5 heteroatoms. The molecule has 0 bridgehead atoms. The third-order valence-corrected chi connectivity index (χ3v) is 2.59. The molecule has 1 unspecified atom stereocenters. The number of hydrogen-bond donors (Lipinski definition) is 0. The fraction of sp³-hybridized carbons (Fsp3) is 0.250. The van der Waals surface area contributed by atoms with Crippen molar-refractivity contribution in [3.63, 3.8) is 0 Å². The normalized spacial score (nSPS) is 19.1. The third kappa shape index (κ3) is 2.33. The van der Waals surface area contributed by atoms with Crippen LogP contribution in [0.4, 0.5) is 11.4 Å². The Morgan fingerprint density at radius 1 is 1.35 bits per heavy atom. The van der Waals surface area contributed by atoms with E-state index in [1.807, 2.05) is 31.0 Å². The molecular weight excluding hydrogens is 218 g/mol. The molecular formula is C12H13N3O2. The van der Waals surface area contributed by atoms with E-state index in [-0.39, 0.29) is 11.7 Å². The fourth-order valence-electron chi connectivity index (χ4n) is 1.67. The van der Waals surface area contributed by atoms with Crippen LogP contribution in [-0.2, 0) is 0 Å². The Morgan fingerprint density at radius 2 is 2.00 bits per heavy atom. The molecule has 0 aromatic heterocycles. The highest BCUT2D eigenvalue weighted by atomic mass is 16.6. The van der Waals surface area contributed by atoms with Crippen LogP contribution >= 0.6 is 0 Å². The van der Waals surface area contributed by atoms with Crippen LogP contribution in [0.5, 0.6) is 0 Å². The summed E-state index contributed by atoms with van der Waals surface area (Å²) in [7, 11) is 0. The summed E-state index contributed by atoms with van der Waals surface area (Å²) in [6.07, 6.45) is 4.01. The number of nitro benzene ring substituents is 1. The molecule has 1 aliphatic rings. The second kappa shape index (κ2) is 4.37. The molecule has 0 spiro atoms. The molecule has 2 rings (SSSR count). The molecule has 88 valence electrons. The summed E-state index contributed by atoms with van der Waals surface area (Å²) in [4.78, 5) is 10.2. The van der Waals surface area contributed by atoms with E-state index in [4.69, 9.17) is 0 Å². The van der Waals surface area contributed by atoms with Crippen molar-refractivity contribution in [3.05, 3.63) is 46.5 Å². The second-order valence-electron chi connectivity index (χ2n) is 3.96. The van der Waals surface area contributed by atoms with Gasteiger partial charge in [-0.15, -0.1) is 0 Å². The van der Waals surface area contributed by atoms with Crippen LogP contribution in [0.25, 0.3) is 0 Å². The van der Waals surface area contributed by atoms with Crippen molar-refractivity contribution in [3.8, 4) is 0 Å². The molecule has 0 amide bonds. The number of hydrogen-bond acceptors (Lipinski definition) is 4. The van der Waals surface area contributed by atoms with Gasteiger partial charge < -0.3 is 0 Å². The Kier molecular flexibility index (Phi) is 2.91. The van der Waals surface area contributed by atoms with E-state index in [9.17, 15) is 10.1 Å². The fourth-order valence-corrected chi connectivity index (χ4v) is 1.67. The van der Waals surface area contributed by atoms with E-state index in [2.05, 4.69) is 5.10 Å². The number of hydrazone groups is 1. The maximum Gasteiger partial charge on any atom is 0.269 e. The Labute approximate surface area is 99.2 Å². The van der Waals surface area contributed by atoms with Gasteiger partial charge in [0.15, 0.2) is 0 Å². The summed E-state index contributed by atoms with van der Waals surface area (Å²) in [6.45, 7) is 3.94. The molecule has 0 saturated carbocycles. The summed E-state index contributed by atoms with van der Waals surface area (Å²) in [6, 6.07) is 6.56. The van der Waals surface area contributed by atoms with Gasteiger partial charge in [-0.1, -0.05) is 6.08 Å². The van der Waals surface area contributed by atoms with E-state index in [1.165, 1.54) is 12.1 Å². The minimum atomic E-state index is -0.405. The largest absolute Gasteiger partial charge is 0.269 e. The maximum atomic E-state index is 10.6. The van der Waals surface area contributed by atoms with Gasteiger partial charge in [0.25, 0.3) is 5.69 Å². The molecule has 1 aliphatic heterocycles. The lowest BCUT2D eigenvalue weighted by Gasteiger charge is -2.27. The highest BCUT2D eigenvalue weighted by Crippen LogP contribution is 2.23. The van der Waals surface area contributed by atoms with Crippen molar-refractivity contribution in [2.24, 2.45) is 5.10 Å². The van der Waals surface area contributed by atoms with Crippen molar-refractivity contribution in [1.82, 2.24) is 0 Å². The lowest BCUT2D eigenvalue weighted by Crippen LogP contribution is -2.29. The maximum absolute atomic E-state index is 10.6. The Bertz CT molecular complexity index is 491. The van der Waals surface area contributed by atoms with Gasteiger partial charge >= 0.3 is 0 Å². The number of allylic oxidation sites excluding steroid dienone is 1. The molecule has 0 aliphatic carbocycles. The summed E-state index contributed by atoms with van der Waals surface area (Å²) in [5.74, 6) is 0. The molecule has 1 atom stereocenters. The second-order valence-corrected chi connectivity index (χ2v) is 3.96. The number of non-ortho nitro benzene ring substituents is 1. The van der Waals surface area contributed by atoms with Gasteiger partial charge in [0.2, 0.25) is 0 Å². The highest BCUT2D eigenvalue weighted by Gasteiger charge is 2.15. The summed E-state index contributed by atoms with van der Waals surface area (Å²) in [5.41, 5.74) is 1.86. The van der Waals surface area contributed by atoms with Crippen molar-refractivity contribution in [2.45, 2.75) is 19.9 Å². The van der Waals surface area contributed by atoms with Crippen molar-refractivity contribution < 1.29 is 4.92 Å². The van der Waals surface area contributed by atoms with Gasteiger partial charge in [-0.2, -0.15) is 5.10 Å². The molecule has 1 aromatic carbocycles. The number of benzene rings is 1. The monoisotopic (exact) mass is 231 g/mol. The average Bonchev–Trinajstić information content (AvgIpc) is 2.32. The van der Waals surface area contributed by atoms with Gasteiger partial charge in [-0.3, -0.25) is 15.1 Å². The minimum Gasteiger partial charge on any atom is -0.259 e. The zero-order valence-electron chi connectivity index (χ0n) is 9.70. The topological polar surface area (TPSA) is 58.7 Å². The first-order chi connectivity index (χ1) is 8.08. The van der Waals surface area contributed by atoms with Crippen molar-refractivity contribution in [2.75, 3.05) is 5.01 Å². The molecule has 5 nitrogen and oxygen atoms in total. The number of anilines is 1. The predicted molar refractivity (Wildman–Crippen MR) is 67.3 cm³/mol.